The van der Waals surface area contributed by atoms with Gasteiger partial charge >= 0.3 is 0 Å². The fourth-order valence-corrected chi connectivity index (χ4v) is 4.13. The Hall–Kier alpha value is -2.86. The fourth-order valence-electron chi connectivity index (χ4n) is 3.98. The molecule has 4 rings (SSSR count). The Labute approximate surface area is 187 Å². The first-order valence-corrected chi connectivity index (χ1v) is 11.0. The number of anilines is 2. The summed E-state index contributed by atoms with van der Waals surface area (Å²) in [5.41, 5.74) is 4.35. The van der Waals surface area contributed by atoms with Crippen LogP contribution in [0.1, 0.15) is 47.3 Å². The van der Waals surface area contributed by atoms with Crippen LogP contribution in [0.2, 0.25) is 5.02 Å². The Bertz CT molecular complexity index is 1120. The molecule has 0 radical (unpaired) electrons. The minimum Gasteiger partial charge on any atom is -0.495 e. The highest BCUT2D eigenvalue weighted by Gasteiger charge is 2.23. The number of likely N-dealkylation sites (tertiary alicyclic amines) is 1. The number of hydrogen-bond acceptors (Lipinski definition) is 5. The standard InChI is InChI=1S/C24H27ClN4O2/c1-15-12-20(21(31-3)13-19(15)25)28-22-17-9-8-16(2)27-23(17)26-14-18(22)24(30)29-10-6-4-5-7-11-29/h8-9,12-14H,4-7,10-11H2,1-3H3,(H,26,27,28). The summed E-state index contributed by atoms with van der Waals surface area (Å²) in [6.45, 7) is 5.40. The first-order chi connectivity index (χ1) is 15.0. The number of aromatic nitrogens is 2. The molecule has 7 heteroatoms. The summed E-state index contributed by atoms with van der Waals surface area (Å²) in [4.78, 5) is 24.5. The van der Waals surface area contributed by atoms with Crippen molar-refractivity contribution in [3.8, 4) is 5.75 Å². The molecule has 1 fully saturated rings. The maximum Gasteiger partial charge on any atom is 0.257 e. The van der Waals surface area contributed by atoms with Crippen molar-refractivity contribution in [2.75, 3.05) is 25.5 Å². The monoisotopic (exact) mass is 438 g/mol. The third kappa shape index (κ3) is 4.44. The van der Waals surface area contributed by atoms with Crippen molar-refractivity contribution < 1.29 is 9.53 Å². The normalized spacial score (nSPS) is 14.4. The molecule has 1 aromatic carbocycles. The molecular weight excluding hydrogens is 412 g/mol. The topological polar surface area (TPSA) is 67.3 Å². The van der Waals surface area contributed by atoms with E-state index in [9.17, 15) is 4.79 Å². The quantitative estimate of drug-likeness (QED) is 0.568. The zero-order chi connectivity index (χ0) is 22.0. The van der Waals surface area contributed by atoms with Crippen molar-refractivity contribution >= 4 is 39.9 Å². The number of halogens is 1. The lowest BCUT2D eigenvalue weighted by molar-refractivity contribution is 0.0762. The van der Waals surface area contributed by atoms with E-state index >= 15 is 0 Å². The Morgan fingerprint density at radius 3 is 2.58 bits per heavy atom. The Kier molecular flexibility index (Phi) is 6.28. The van der Waals surface area contributed by atoms with Gasteiger partial charge in [-0.05, 0) is 50.5 Å². The number of carbonyl (C=O) groups excluding carboxylic acids is 1. The summed E-state index contributed by atoms with van der Waals surface area (Å²) in [7, 11) is 1.60. The van der Waals surface area contributed by atoms with E-state index in [2.05, 4.69) is 15.3 Å². The lowest BCUT2D eigenvalue weighted by atomic mass is 10.1. The van der Waals surface area contributed by atoms with Gasteiger partial charge in [-0.25, -0.2) is 9.97 Å². The lowest BCUT2D eigenvalue weighted by Crippen LogP contribution is -2.32. The average molecular weight is 439 g/mol. The molecule has 3 heterocycles. The molecule has 1 N–H and O–H groups in total. The summed E-state index contributed by atoms with van der Waals surface area (Å²) < 4.78 is 5.54. The largest absolute Gasteiger partial charge is 0.495 e. The Morgan fingerprint density at radius 1 is 1.13 bits per heavy atom. The molecular formula is C24H27ClN4O2. The van der Waals surface area contributed by atoms with E-state index in [0.29, 0.717) is 27.7 Å². The molecule has 1 aliphatic heterocycles. The van der Waals surface area contributed by atoms with Crippen molar-refractivity contribution in [3.05, 3.63) is 52.3 Å². The first kappa shape index (κ1) is 21.4. The number of rotatable bonds is 4. The van der Waals surface area contributed by atoms with Crippen LogP contribution in [0.25, 0.3) is 11.0 Å². The molecule has 162 valence electrons. The summed E-state index contributed by atoms with van der Waals surface area (Å²) in [6.07, 6.45) is 6.02. The van der Waals surface area contributed by atoms with Gasteiger partial charge in [0.05, 0.1) is 24.0 Å². The number of methoxy groups -OCH3 is 1. The Morgan fingerprint density at radius 2 is 1.87 bits per heavy atom. The summed E-state index contributed by atoms with van der Waals surface area (Å²) in [5, 5.41) is 4.86. The van der Waals surface area contributed by atoms with E-state index in [1.165, 1.54) is 0 Å². The van der Waals surface area contributed by atoms with Gasteiger partial charge in [0.1, 0.15) is 5.75 Å². The summed E-state index contributed by atoms with van der Waals surface area (Å²) in [5.74, 6) is 0.595. The maximum atomic E-state index is 13.5. The van der Waals surface area contributed by atoms with Crippen molar-refractivity contribution in [1.29, 1.82) is 0 Å². The second-order valence-electron chi connectivity index (χ2n) is 8.00. The number of amides is 1. The molecule has 1 saturated heterocycles. The predicted octanol–water partition coefficient (Wildman–Crippen LogP) is 5.67. The van der Waals surface area contributed by atoms with Crippen LogP contribution >= 0.6 is 11.6 Å². The zero-order valence-electron chi connectivity index (χ0n) is 18.2. The van der Waals surface area contributed by atoms with Gasteiger partial charge in [0.2, 0.25) is 0 Å². The number of ether oxygens (including phenoxy) is 1. The van der Waals surface area contributed by atoms with Crippen molar-refractivity contribution in [3.63, 3.8) is 0 Å². The second-order valence-corrected chi connectivity index (χ2v) is 8.41. The van der Waals surface area contributed by atoms with Crippen LogP contribution in [0.3, 0.4) is 0 Å². The molecule has 1 amide bonds. The lowest BCUT2D eigenvalue weighted by Gasteiger charge is -2.23. The smallest absolute Gasteiger partial charge is 0.257 e. The van der Waals surface area contributed by atoms with Gasteiger partial charge in [0.25, 0.3) is 5.91 Å². The van der Waals surface area contributed by atoms with Crippen molar-refractivity contribution in [2.24, 2.45) is 0 Å². The van der Waals surface area contributed by atoms with Crippen LogP contribution in [-0.4, -0.2) is 41.0 Å². The van der Waals surface area contributed by atoms with Gasteiger partial charge in [-0.2, -0.15) is 0 Å². The van der Waals surface area contributed by atoms with E-state index in [-0.39, 0.29) is 5.91 Å². The number of pyridine rings is 2. The highest BCUT2D eigenvalue weighted by atomic mass is 35.5. The summed E-state index contributed by atoms with van der Waals surface area (Å²) >= 11 is 6.29. The van der Waals surface area contributed by atoms with Crippen LogP contribution in [-0.2, 0) is 0 Å². The van der Waals surface area contributed by atoms with Gasteiger partial charge in [0, 0.05) is 41.5 Å². The molecule has 6 nitrogen and oxygen atoms in total. The SMILES string of the molecule is COc1cc(Cl)c(C)cc1Nc1c(C(=O)N2CCCCCC2)cnc2nc(C)ccc12. The van der Waals surface area contributed by atoms with Gasteiger partial charge < -0.3 is 15.0 Å². The van der Waals surface area contributed by atoms with Crippen LogP contribution in [0, 0.1) is 13.8 Å². The number of aryl methyl sites for hydroxylation is 2. The predicted molar refractivity (Wildman–Crippen MR) is 125 cm³/mol. The minimum atomic E-state index is -0.0102. The van der Waals surface area contributed by atoms with Crippen molar-refractivity contribution in [1.82, 2.24) is 14.9 Å². The van der Waals surface area contributed by atoms with Gasteiger partial charge in [-0.1, -0.05) is 24.4 Å². The van der Waals surface area contributed by atoms with Gasteiger partial charge in [-0.3, -0.25) is 4.79 Å². The van der Waals surface area contributed by atoms with Crippen LogP contribution < -0.4 is 10.1 Å². The number of fused-ring (bicyclic) bond motifs is 1. The number of benzene rings is 1. The molecule has 0 bridgehead atoms. The molecule has 3 aromatic rings. The second kappa shape index (κ2) is 9.10. The average Bonchev–Trinajstić information content (AvgIpc) is 3.05. The highest BCUT2D eigenvalue weighted by Crippen LogP contribution is 2.36. The fraction of sp³-hybridized carbons (Fsp3) is 0.375. The molecule has 0 unspecified atom stereocenters. The number of nitrogens with one attached hydrogen (secondary N) is 1. The molecule has 0 atom stereocenters. The molecule has 2 aromatic heterocycles. The van der Waals surface area contributed by atoms with E-state index in [0.717, 1.165) is 61.1 Å². The van der Waals surface area contributed by atoms with Crippen LogP contribution in [0.15, 0.2) is 30.5 Å². The van der Waals surface area contributed by atoms with E-state index in [1.807, 2.05) is 36.9 Å². The first-order valence-electron chi connectivity index (χ1n) is 10.6. The summed E-state index contributed by atoms with van der Waals surface area (Å²) in [6, 6.07) is 7.59. The van der Waals surface area contributed by atoms with Gasteiger partial charge in [-0.15, -0.1) is 0 Å². The van der Waals surface area contributed by atoms with E-state index in [4.69, 9.17) is 16.3 Å². The number of carbonyl (C=O) groups is 1. The number of nitrogens with zero attached hydrogens (tertiary/aromatic N) is 3. The molecule has 0 spiro atoms. The minimum absolute atomic E-state index is 0.0102. The maximum absolute atomic E-state index is 13.5. The van der Waals surface area contributed by atoms with E-state index < -0.39 is 0 Å². The van der Waals surface area contributed by atoms with Crippen LogP contribution in [0.4, 0.5) is 11.4 Å². The molecule has 0 saturated carbocycles. The zero-order valence-corrected chi connectivity index (χ0v) is 18.9. The molecule has 31 heavy (non-hydrogen) atoms. The molecule has 1 aliphatic rings. The van der Waals surface area contributed by atoms with Crippen molar-refractivity contribution in [2.45, 2.75) is 39.5 Å². The van der Waals surface area contributed by atoms with Crippen LogP contribution in [0.5, 0.6) is 5.75 Å². The Balaban J connectivity index is 1.84. The van der Waals surface area contributed by atoms with E-state index in [1.54, 1.807) is 19.4 Å². The van der Waals surface area contributed by atoms with Gasteiger partial charge in [0.15, 0.2) is 5.65 Å². The third-order valence-corrected chi connectivity index (χ3v) is 6.14. The third-order valence-electron chi connectivity index (χ3n) is 5.73. The number of hydrogen-bond donors (Lipinski definition) is 1. The highest BCUT2D eigenvalue weighted by molar-refractivity contribution is 6.31. The molecule has 0 aliphatic carbocycles.